The van der Waals surface area contributed by atoms with Gasteiger partial charge in [0.2, 0.25) is 0 Å². The van der Waals surface area contributed by atoms with E-state index >= 15 is 0 Å². The summed E-state index contributed by atoms with van der Waals surface area (Å²) in [6, 6.07) is 11.3. The van der Waals surface area contributed by atoms with Gasteiger partial charge in [0.1, 0.15) is 33.2 Å². The zero-order valence-corrected chi connectivity index (χ0v) is 25.9. The summed E-state index contributed by atoms with van der Waals surface area (Å²) < 4.78 is 84.2. The van der Waals surface area contributed by atoms with Crippen molar-refractivity contribution in [3.8, 4) is 28.4 Å². The van der Waals surface area contributed by atoms with Crippen LogP contribution in [-0.2, 0) is 27.2 Å². The highest BCUT2D eigenvalue weighted by Gasteiger charge is 2.37. The van der Waals surface area contributed by atoms with E-state index in [1.807, 2.05) is 26.0 Å². The predicted octanol–water partition coefficient (Wildman–Crippen LogP) is 7.21. The van der Waals surface area contributed by atoms with Gasteiger partial charge in [-0.25, -0.2) is 8.42 Å². The van der Waals surface area contributed by atoms with Crippen molar-refractivity contribution in [1.82, 2.24) is 0 Å². The molecular formula is C34H35F3O7S. The van der Waals surface area contributed by atoms with Gasteiger partial charge in [0.25, 0.3) is 0 Å². The highest BCUT2D eigenvalue weighted by atomic mass is 32.2. The summed E-state index contributed by atoms with van der Waals surface area (Å²) >= 11 is 0. The average molecular weight is 645 g/mol. The quantitative estimate of drug-likeness (QED) is 0.277. The largest absolute Gasteiger partial charge is 0.493 e. The van der Waals surface area contributed by atoms with Crippen molar-refractivity contribution in [2.24, 2.45) is 5.92 Å². The number of carboxylic acid groups (broad SMARTS) is 1. The maximum Gasteiger partial charge on any atom is 0.416 e. The molecule has 1 fully saturated rings. The Bertz CT molecular complexity index is 1710. The molecule has 3 aromatic rings. The Morgan fingerprint density at radius 1 is 0.978 bits per heavy atom. The molecule has 0 amide bonds. The third kappa shape index (κ3) is 6.64. The number of carbonyl (C=O) groups is 1. The first-order valence-corrected chi connectivity index (χ1v) is 16.9. The minimum Gasteiger partial charge on any atom is -0.493 e. The van der Waals surface area contributed by atoms with Gasteiger partial charge in [-0.15, -0.1) is 0 Å². The maximum absolute atomic E-state index is 14.2. The van der Waals surface area contributed by atoms with E-state index in [0.717, 1.165) is 27.8 Å². The Morgan fingerprint density at radius 3 is 2.36 bits per heavy atom. The molecule has 1 saturated heterocycles. The summed E-state index contributed by atoms with van der Waals surface area (Å²) in [7, 11) is -2.97. The third-order valence-electron chi connectivity index (χ3n) is 9.11. The molecule has 2 aliphatic heterocycles. The number of halogens is 3. The topological polar surface area (TPSA) is 99.1 Å². The van der Waals surface area contributed by atoms with Crippen molar-refractivity contribution in [1.29, 1.82) is 0 Å². The number of ether oxygens (including phenoxy) is 3. The minimum atomic E-state index is -4.56. The first-order valence-electron chi connectivity index (χ1n) is 15.1. The minimum absolute atomic E-state index is 0.0505. The number of aliphatic carboxylic acids is 1. The molecule has 0 radical (unpaired) electrons. The van der Waals surface area contributed by atoms with Crippen LogP contribution < -0.4 is 14.2 Å². The fraction of sp³-hybridized carbons (Fsp3) is 0.441. The number of hydrogen-bond acceptors (Lipinski definition) is 6. The normalized spacial score (nSPS) is 20.7. The van der Waals surface area contributed by atoms with Crippen LogP contribution in [0.15, 0.2) is 42.5 Å². The molecule has 240 valence electrons. The summed E-state index contributed by atoms with van der Waals surface area (Å²) in [5, 5.41) is 9.17. The Hall–Kier alpha value is -3.73. The van der Waals surface area contributed by atoms with E-state index in [9.17, 15) is 31.5 Å². The summed E-state index contributed by atoms with van der Waals surface area (Å²) in [5.74, 6) is 0.882. The molecule has 0 bridgehead atoms. The molecule has 0 spiro atoms. The fourth-order valence-corrected chi connectivity index (χ4v) is 8.42. The maximum atomic E-state index is 14.2. The third-order valence-corrected chi connectivity index (χ3v) is 10.8. The standard InChI is InChI=1S/C34H35F3O7S/c1-19-11-25(42-17-21-7-9-45(40,41)10-8-21)12-20(2)33(19)29-15-23(34(35,36)37)14-28-27(29)5-6-30(28)44-24-3-4-26-22(13-32(38)39)18-43-31(26)16-24/h3-4,11-12,14-16,21-22,30H,5-10,13,17-18H2,1-2H3,(H,38,39)/t22-,30?/m1/s1. The van der Waals surface area contributed by atoms with Gasteiger partial charge in [-0.05, 0) is 109 Å². The molecule has 2 atom stereocenters. The van der Waals surface area contributed by atoms with E-state index in [1.165, 1.54) is 12.1 Å². The molecule has 2 heterocycles. The predicted molar refractivity (Wildman–Crippen MR) is 162 cm³/mol. The van der Waals surface area contributed by atoms with Gasteiger partial charge in [-0.1, -0.05) is 6.07 Å². The molecule has 1 N–H and O–H groups in total. The van der Waals surface area contributed by atoms with Gasteiger partial charge in [0, 0.05) is 17.5 Å². The van der Waals surface area contributed by atoms with Crippen LogP contribution >= 0.6 is 0 Å². The van der Waals surface area contributed by atoms with Crippen LogP contribution in [0.1, 0.15) is 71.1 Å². The van der Waals surface area contributed by atoms with Gasteiger partial charge in [-0.3, -0.25) is 4.79 Å². The zero-order chi connectivity index (χ0) is 32.1. The molecule has 3 aromatic carbocycles. The molecule has 7 nitrogen and oxygen atoms in total. The average Bonchev–Trinajstić information content (AvgIpc) is 3.55. The van der Waals surface area contributed by atoms with Crippen LogP contribution in [0.2, 0.25) is 0 Å². The number of hydrogen-bond donors (Lipinski definition) is 1. The molecule has 1 unspecified atom stereocenters. The smallest absolute Gasteiger partial charge is 0.416 e. The van der Waals surface area contributed by atoms with E-state index in [4.69, 9.17) is 14.2 Å². The summed E-state index contributed by atoms with van der Waals surface area (Å²) in [4.78, 5) is 11.2. The Kier molecular flexibility index (Phi) is 8.26. The second-order valence-corrected chi connectivity index (χ2v) is 14.7. The summed E-state index contributed by atoms with van der Waals surface area (Å²) in [6.45, 7) is 4.36. The number of aryl methyl sites for hydroxylation is 2. The van der Waals surface area contributed by atoms with Crippen LogP contribution in [0.4, 0.5) is 13.2 Å². The summed E-state index contributed by atoms with van der Waals surface area (Å²) in [6.07, 6.45) is -3.06. The van der Waals surface area contributed by atoms with Crippen molar-refractivity contribution in [3.05, 3.63) is 75.8 Å². The molecule has 45 heavy (non-hydrogen) atoms. The molecule has 6 rings (SSSR count). The molecule has 0 aromatic heterocycles. The van der Waals surface area contributed by atoms with Crippen molar-refractivity contribution in [2.75, 3.05) is 24.7 Å². The Labute approximate surface area is 260 Å². The highest BCUT2D eigenvalue weighted by molar-refractivity contribution is 7.91. The van der Waals surface area contributed by atoms with Crippen LogP contribution in [0.3, 0.4) is 0 Å². The number of alkyl halides is 3. The van der Waals surface area contributed by atoms with Gasteiger partial charge < -0.3 is 19.3 Å². The lowest BCUT2D eigenvalue weighted by Crippen LogP contribution is -2.26. The number of benzene rings is 3. The van der Waals surface area contributed by atoms with Gasteiger partial charge >= 0.3 is 12.1 Å². The van der Waals surface area contributed by atoms with Crippen LogP contribution in [0.5, 0.6) is 17.2 Å². The lowest BCUT2D eigenvalue weighted by atomic mass is 9.88. The van der Waals surface area contributed by atoms with Crippen LogP contribution in [-0.4, -0.2) is 44.2 Å². The number of fused-ring (bicyclic) bond motifs is 2. The number of carboxylic acids is 1. The lowest BCUT2D eigenvalue weighted by molar-refractivity contribution is -0.138. The van der Waals surface area contributed by atoms with E-state index in [2.05, 4.69) is 0 Å². The number of sulfone groups is 1. The Morgan fingerprint density at radius 2 is 1.69 bits per heavy atom. The van der Waals surface area contributed by atoms with Crippen molar-refractivity contribution < 1.29 is 45.7 Å². The second kappa shape index (κ2) is 11.9. The molecule has 0 saturated carbocycles. The zero-order valence-electron chi connectivity index (χ0n) is 25.1. The van der Waals surface area contributed by atoms with Crippen molar-refractivity contribution >= 4 is 15.8 Å². The van der Waals surface area contributed by atoms with E-state index in [-0.39, 0.29) is 36.4 Å². The molecule has 3 aliphatic rings. The van der Waals surface area contributed by atoms with E-state index < -0.39 is 33.7 Å². The molecule has 11 heteroatoms. The molecule has 1 aliphatic carbocycles. The van der Waals surface area contributed by atoms with Crippen molar-refractivity contribution in [3.63, 3.8) is 0 Å². The molecular weight excluding hydrogens is 609 g/mol. The van der Waals surface area contributed by atoms with Crippen LogP contribution in [0, 0.1) is 19.8 Å². The van der Waals surface area contributed by atoms with E-state index in [0.29, 0.717) is 60.7 Å². The summed E-state index contributed by atoms with van der Waals surface area (Å²) in [5.41, 5.74) is 4.17. The van der Waals surface area contributed by atoms with E-state index in [1.54, 1.807) is 18.2 Å². The first-order chi connectivity index (χ1) is 21.3. The fourth-order valence-electron chi connectivity index (χ4n) is 6.83. The lowest BCUT2D eigenvalue weighted by Gasteiger charge is -2.23. The second-order valence-electron chi connectivity index (χ2n) is 12.4. The van der Waals surface area contributed by atoms with Gasteiger partial charge in [-0.2, -0.15) is 13.2 Å². The SMILES string of the molecule is Cc1cc(OCC2CCS(=O)(=O)CC2)cc(C)c1-c1cc(C(F)(F)F)cc2c1CCC2Oc1ccc2c(c1)OC[C@H]2CC(=O)O. The van der Waals surface area contributed by atoms with Crippen LogP contribution in [0.25, 0.3) is 11.1 Å². The highest BCUT2D eigenvalue weighted by Crippen LogP contribution is 2.47. The van der Waals surface area contributed by atoms with Gasteiger partial charge in [0.05, 0.1) is 36.7 Å². The Balaban J connectivity index is 1.27. The first kappa shape index (κ1) is 31.3. The monoisotopic (exact) mass is 644 g/mol. The van der Waals surface area contributed by atoms with Gasteiger partial charge in [0.15, 0.2) is 0 Å². The van der Waals surface area contributed by atoms with Crippen molar-refractivity contribution in [2.45, 2.75) is 64.1 Å². The number of rotatable bonds is 8.